The summed E-state index contributed by atoms with van der Waals surface area (Å²) in [7, 11) is -2.56. The molecule has 1 saturated heterocycles. The number of hydrogen-bond acceptors (Lipinski definition) is 5. The number of rotatable bonds is 7. The summed E-state index contributed by atoms with van der Waals surface area (Å²) in [6, 6.07) is 15.4. The van der Waals surface area contributed by atoms with Gasteiger partial charge in [-0.05, 0) is 25.0 Å². The van der Waals surface area contributed by atoms with Gasteiger partial charge < -0.3 is 15.2 Å². The maximum Gasteiger partial charge on any atom is 0.241 e. The highest BCUT2D eigenvalue weighted by molar-refractivity contribution is 7.90. The fourth-order valence-electron chi connectivity index (χ4n) is 3.82. The molecule has 2 N–H and O–H groups in total. The molecule has 3 rings (SSSR count). The molecule has 0 saturated carbocycles. The van der Waals surface area contributed by atoms with Gasteiger partial charge >= 0.3 is 0 Å². The van der Waals surface area contributed by atoms with Gasteiger partial charge in [-0.15, -0.1) is 0 Å². The van der Waals surface area contributed by atoms with E-state index < -0.39 is 32.7 Å². The molecule has 0 amide bonds. The van der Waals surface area contributed by atoms with E-state index in [0.717, 1.165) is 9.87 Å². The first-order chi connectivity index (χ1) is 14.2. The van der Waals surface area contributed by atoms with Crippen LogP contribution >= 0.6 is 0 Å². The maximum absolute atomic E-state index is 15.0. The van der Waals surface area contributed by atoms with Crippen LogP contribution in [0.5, 0.6) is 0 Å². The number of sulfonamides is 1. The van der Waals surface area contributed by atoms with Crippen molar-refractivity contribution in [2.45, 2.75) is 36.8 Å². The van der Waals surface area contributed by atoms with Crippen molar-refractivity contribution in [2.75, 3.05) is 13.7 Å². The average Bonchev–Trinajstić information content (AvgIpc) is 2.70. The van der Waals surface area contributed by atoms with Crippen molar-refractivity contribution >= 4 is 10.0 Å². The highest BCUT2D eigenvalue weighted by Crippen LogP contribution is 2.40. The van der Waals surface area contributed by atoms with Gasteiger partial charge in [0.1, 0.15) is 22.4 Å². The molecule has 1 aliphatic heterocycles. The molecular weight excluding hydrogens is 407 g/mol. The number of hydrogen-bond donors (Lipinski definition) is 2. The van der Waals surface area contributed by atoms with E-state index in [2.05, 4.69) is 11.9 Å². The van der Waals surface area contributed by atoms with Crippen LogP contribution in [0.4, 0.5) is 4.39 Å². The van der Waals surface area contributed by atoms with Crippen LogP contribution in [0.15, 0.2) is 67.0 Å². The molecule has 0 spiro atoms. The molecule has 6 nitrogen and oxygen atoms in total. The minimum atomic E-state index is -3.95. The number of aliphatic hydroxyl groups excluding tert-OH is 1. The molecule has 0 radical (unpaired) electrons. The van der Waals surface area contributed by atoms with Crippen LogP contribution in [0.3, 0.4) is 0 Å². The van der Waals surface area contributed by atoms with Gasteiger partial charge in [0.2, 0.25) is 10.0 Å². The summed E-state index contributed by atoms with van der Waals surface area (Å²) in [6.45, 7) is 5.42. The van der Waals surface area contributed by atoms with Crippen LogP contribution in [0, 0.1) is 5.82 Å². The lowest BCUT2D eigenvalue weighted by molar-refractivity contribution is 0.0410. The standard InChI is InChI=1S/C22H27FN2O4S/c1-16(26)13-21-22(19-11-7-8-12-20(19)23,24-17(2)25(3)30(21,27)28)15-29-14-18-9-5-4-6-10-18/h4-12,16,21,24,26H,2,13-15H2,1,3H3/t16-,21?,22+/m0/s1. The van der Waals surface area contributed by atoms with Crippen LogP contribution in [0.25, 0.3) is 0 Å². The second kappa shape index (κ2) is 8.75. The topological polar surface area (TPSA) is 78.9 Å². The Labute approximate surface area is 177 Å². The summed E-state index contributed by atoms with van der Waals surface area (Å²) in [4.78, 5) is 0. The fourth-order valence-corrected chi connectivity index (χ4v) is 5.84. The minimum absolute atomic E-state index is 0.101. The first kappa shape index (κ1) is 22.3. The maximum atomic E-state index is 15.0. The normalized spacial score (nSPS) is 24.3. The molecule has 1 fully saturated rings. The number of ether oxygens (including phenoxy) is 1. The van der Waals surface area contributed by atoms with Gasteiger partial charge in [0.15, 0.2) is 0 Å². The lowest BCUT2D eigenvalue weighted by Gasteiger charge is -2.49. The Morgan fingerprint density at radius 3 is 2.50 bits per heavy atom. The zero-order chi connectivity index (χ0) is 21.9. The number of nitrogens with one attached hydrogen (secondary N) is 1. The SMILES string of the molecule is C=C1N[C@](COCc2ccccc2)(c2ccccc2F)C(C[C@H](C)O)S(=O)(=O)N1C. The average molecular weight is 435 g/mol. The molecule has 1 heterocycles. The summed E-state index contributed by atoms with van der Waals surface area (Å²) in [6.07, 6.45) is -1.03. The highest BCUT2D eigenvalue weighted by Gasteiger charge is 2.55. The number of aliphatic hydroxyl groups is 1. The van der Waals surface area contributed by atoms with Gasteiger partial charge in [0, 0.05) is 12.6 Å². The summed E-state index contributed by atoms with van der Waals surface area (Å²) >= 11 is 0. The second-order valence-corrected chi connectivity index (χ2v) is 9.73. The van der Waals surface area contributed by atoms with E-state index in [4.69, 9.17) is 4.74 Å². The summed E-state index contributed by atoms with van der Waals surface area (Å²) in [5.74, 6) is -0.445. The molecule has 8 heteroatoms. The summed E-state index contributed by atoms with van der Waals surface area (Å²) in [5, 5.41) is 12.0. The van der Waals surface area contributed by atoms with Crippen molar-refractivity contribution in [1.82, 2.24) is 9.62 Å². The van der Waals surface area contributed by atoms with Crippen LogP contribution in [-0.4, -0.2) is 42.8 Å². The van der Waals surface area contributed by atoms with Gasteiger partial charge in [-0.2, -0.15) is 0 Å². The van der Waals surface area contributed by atoms with Crippen LogP contribution < -0.4 is 5.32 Å². The number of benzene rings is 2. The lowest BCUT2D eigenvalue weighted by Crippen LogP contribution is -2.66. The lowest BCUT2D eigenvalue weighted by atomic mass is 9.83. The molecule has 2 aromatic rings. The Balaban J connectivity index is 2.08. The quantitative estimate of drug-likeness (QED) is 0.701. The molecule has 3 atom stereocenters. The molecule has 162 valence electrons. The van der Waals surface area contributed by atoms with Crippen molar-refractivity contribution in [1.29, 1.82) is 0 Å². The van der Waals surface area contributed by atoms with Crippen LogP contribution in [-0.2, 0) is 26.9 Å². The third kappa shape index (κ3) is 4.21. The van der Waals surface area contributed by atoms with Gasteiger partial charge in [-0.25, -0.2) is 12.8 Å². The van der Waals surface area contributed by atoms with Crippen molar-refractivity contribution in [2.24, 2.45) is 0 Å². The van der Waals surface area contributed by atoms with Crippen molar-refractivity contribution in [3.05, 3.63) is 83.9 Å². The molecule has 2 aromatic carbocycles. The fraction of sp³-hybridized carbons (Fsp3) is 0.364. The zero-order valence-electron chi connectivity index (χ0n) is 17.1. The Morgan fingerprint density at radius 2 is 1.87 bits per heavy atom. The first-order valence-corrected chi connectivity index (χ1v) is 11.2. The van der Waals surface area contributed by atoms with E-state index in [1.807, 2.05) is 30.3 Å². The monoisotopic (exact) mass is 434 g/mol. The van der Waals surface area contributed by atoms with Gasteiger partial charge in [-0.3, -0.25) is 4.31 Å². The van der Waals surface area contributed by atoms with Crippen molar-refractivity contribution in [3.63, 3.8) is 0 Å². The Bertz CT molecular complexity index is 997. The second-order valence-electron chi connectivity index (χ2n) is 7.59. The van der Waals surface area contributed by atoms with Crippen LogP contribution in [0.1, 0.15) is 24.5 Å². The van der Waals surface area contributed by atoms with E-state index in [9.17, 15) is 17.9 Å². The molecule has 0 bridgehead atoms. The highest BCUT2D eigenvalue weighted by atomic mass is 32.2. The molecule has 0 aliphatic carbocycles. The van der Waals surface area contributed by atoms with E-state index in [-0.39, 0.29) is 31.0 Å². The largest absolute Gasteiger partial charge is 0.393 e. The van der Waals surface area contributed by atoms with Gasteiger partial charge in [-0.1, -0.05) is 55.1 Å². The van der Waals surface area contributed by atoms with E-state index in [0.29, 0.717) is 0 Å². The van der Waals surface area contributed by atoms with Crippen molar-refractivity contribution < 1.29 is 22.7 Å². The Kier molecular flexibility index (Phi) is 6.50. The third-order valence-corrected chi connectivity index (χ3v) is 7.69. The smallest absolute Gasteiger partial charge is 0.241 e. The number of nitrogens with zero attached hydrogens (tertiary/aromatic N) is 1. The first-order valence-electron chi connectivity index (χ1n) is 9.68. The van der Waals surface area contributed by atoms with Gasteiger partial charge in [0.05, 0.1) is 19.3 Å². The minimum Gasteiger partial charge on any atom is -0.393 e. The van der Waals surface area contributed by atoms with E-state index >= 15 is 0 Å². The Hall–Kier alpha value is -2.42. The van der Waals surface area contributed by atoms with E-state index in [1.165, 1.54) is 26.1 Å². The summed E-state index contributed by atoms with van der Waals surface area (Å²) in [5.41, 5.74) is -0.399. The molecule has 0 aromatic heterocycles. The van der Waals surface area contributed by atoms with E-state index in [1.54, 1.807) is 12.1 Å². The Morgan fingerprint density at radius 1 is 1.23 bits per heavy atom. The molecule has 1 aliphatic rings. The molecular formula is C22H27FN2O4S. The van der Waals surface area contributed by atoms with Crippen molar-refractivity contribution in [3.8, 4) is 0 Å². The summed E-state index contributed by atoms with van der Waals surface area (Å²) < 4.78 is 48.6. The predicted octanol–water partition coefficient (Wildman–Crippen LogP) is 2.71. The van der Waals surface area contributed by atoms with Crippen LogP contribution in [0.2, 0.25) is 0 Å². The van der Waals surface area contributed by atoms with Gasteiger partial charge in [0.25, 0.3) is 0 Å². The molecule has 1 unspecified atom stereocenters. The zero-order valence-corrected chi connectivity index (χ0v) is 17.9. The predicted molar refractivity (Wildman–Crippen MR) is 113 cm³/mol. The third-order valence-electron chi connectivity index (χ3n) is 5.39. The number of halogens is 1. The molecule has 30 heavy (non-hydrogen) atoms.